The van der Waals surface area contributed by atoms with Gasteiger partial charge in [-0.1, -0.05) is 141 Å². The number of benzene rings is 3. The summed E-state index contributed by atoms with van der Waals surface area (Å²) in [6.45, 7) is 26.7. The Morgan fingerprint density at radius 2 is 0.649 bits per heavy atom. The summed E-state index contributed by atoms with van der Waals surface area (Å²) in [5, 5.41) is 3.61. The van der Waals surface area contributed by atoms with Gasteiger partial charge in [-0.05, 0) is 218 Å². The zero-order chi connectivity index (χ0) is 56.2. The summed E-state index contributed by atoms with van der Waals surface area (Å²) < 4.78 is 22.1. The topological polar surface area (TPSA) is 52.2 Å². The molecule has 0 radical (unpaired) electrons. The van der Waals surface area contributed by atoms with Crippen molar-refractivity contribution >= 4 is 0 Å². The lowest BCUT2D eigenvalue weighted by atomic mass is 10.0. The molecule has 0 fully saturated rings. The van der Waals surface area contributed by atoms with Gasteiger partial charge in [-0.3, -0.25) is 4.90 Å². The fraction of sp³-hybridized carbons (Fsp3) is 0.493. The quantitative estimate of drug-likeness (QED) is 0.0577. The molecule has 0 aromatic heterocycles. The number of methoxy groups -OCH3 is 4. The lowest BCUT2D eigenvalue weighted by molar-refractivity contribution is 0.284. The Labute approximate surface area is 470 Å². The molecule has 0 saturated carbocycles. The molecule has 6 heteroatoms. The number of nitrogens with one attached hydrogen (secondary N) is 1. The van der Waals surface area contributed by atoms with Crippen LogP contribution in [0.15, 0.2) is 166 Å². The zero-order valence-corrected chi connectivity index (χ0v) is 50.9. The van der Waals surface area contributed by atoms with E-state index in [1.165, 1.54) is 86.1 Å². The maximum absolute atomic E-state index is 5.67. The molecular formula is C71H104N2O4. The van der Waals surface area contributed by atoms with Gasteiger partial charge in [0.25, 0.3) is 0 Å². The Morgan fingerprint density at radius 1 is 0.351 bits per heavy atom. The third-order valence-electron chi connectivity index (χ3n) is 14.4. The van der Waals surface area contributed by atoms with Gasteiger partial charge < -0.3 is 24.3 Å². The third kappa shape index (κ3) is 29.7. The molecule has 77 heavy (non-hydrogen) atoms. The molecule has 422 valence electrons. The van der Waals surface area contributed by atoms with E-state index in [1.54, 1.807) is 28.4 Å². The molecule has 0 aliphatic rings. The van der Waals surface area contributed by atoms with Crippen LogP contribution in [0.3, 0.4) is 0 Å². The lowest BCUT2D eigenvalue weighted by Gasteiger charge is -2.22. The summed E-state index contributed by atoms with van der Waals surface area (Å²) in [5.74, 6) is 2.98. The Hall–Kier alpha value is -5.56. The zero-order valence-electron chi connectivity index (χ0n) is 50.9. The first-order valence-corrected chi connectivity index (χ1v) is 28.9. The Balaban J connectivity index is 1.39. The van der Waals surface area contributed by atoms with Crippen molar-refractivity contribution in [1.29, 1.82) is 0 Å². The normalized spacial score (nSPS) is 13.4. The molecule has 0 spiro atoms. The van der Waals surface area contributed by atoms with Crippen LogP contribution in [0.25, 0.3) is 0 Å². The summed E-state index contributed by atoms with van der Waals surface area (Å²) in [5.41, 5.74) is 18.3. The fourth-order valence-electron chi connectivity index (χ4n) is 9.37. The van der Waals surface area contributed by atoms with E-state index in [0.29, 0.717) is 0 Å². The van der Waals surface area contributed by atoms with Gasteiger partial charge in [-0.15, -0.1) is 0 Å². The van der Waals surface area contributed by atoms with Gasteiger partial charge in [0.05, 0.1) is 28.4 Å². The van der Waals surface area contributed by atoms with E-state index in [9.17, 15) is 0 Å². The predicted molar refractivity (Wildman–Crippen MR) is 334 cm³/mol. The van der Waals surface area contributed by atoms with E-state index in [-0.39, 0.29) is 0 Å². The average molecular weight is 1050 g/mol. The number of hydrogen-bond donors (Lipinski definition) is 1. The van der Waals surface area contributed by atoms with Crippen molar-refractivity contribution < 1.29 is 18.9 Å². The van der Waals surface area contributed by atoms with Crippen LogP contribution in [0.2, 0.25) is 0 Å². The van der Waals surface area contributed by atoms with Crippen LogP contribution in [0.1, 0.15) is 194 Å². The van der Waals surface area contributed by atoms with E-state index < -0.39 is 0 Å². The molecule has 3 aromatic rings. The number of hydrogen-bond acceptors (Lipinski definition) is 6. The minimum Gasteiger partial charge on any atom is -0.493 e. The molecule has 0 amide bonds. The van der Waals surface area contributed by atoms with Crippen molar-refractivity contribution in [1.82, 2.24) is 10.2 Å². The summed E-state index contributed by atoms with van der Waals surface area (Å²) in [4.78, 5) is 2.51. The molecule has 0 aliphatic carbocycles. The van der Waals surface area contributed by atoms with Crippen LogP contribution in [-0.4, -0.2) is 39.9 Å². The third-order valence-corrected chi connectivity index (χ3v) is 14.4. The minimum atomic E-state index is 0.734. The Bertz CT molecular complexity index is 2490. The van der Waals surface area contributed by atoms with Gasteiger partial charge in [0.2, 0.25) is 0 Å². The monoisotopic (exact) mass is 1050 g/mol. The number of nitrogens with zero attached hydrogens (tertiary/aromatic N) is 1. The molecule has 1 N–H and O–H groups in total. The van der Waals surface area contributed by atoms with Gasteiger partial charge in [0.15, 0.2) is 23.0 Å². The second-order valence-electron chi connectivity index (χ2n) is 22.0. The van der Waals surface area contributed by atoms with Crippen molar-refractivity contribution in [2.75, 3.05) is 35.0 Å². The van der Waals surface area contributed by atoms with E-state index in [1.807, 2.05) is 18.2 Å². The van der Waals surface area contributed by atoms with Crippen LogP contribution in [0, 0.1) is 0 Å². The molecule has 0 saturated heterocycles. The number of rotatable bonds is 38. The van der Waals surface area contributed by atoms with Crippen molar-refractivity contribution in [2.45, 2.75) is 198 Å². The molecule has 3 rings (SSSR count). The van der Waals surface area contributed by atoms with E-state index in [2.05, 4.69) is 177 Å². The van der Waals surface area contributed by atoms with E-state index >= 15 is 0 Å². The Kier molecular flexibility index (Phi) is 33.2. The van der Waals surface area contributed by atoms with Gasteiger partial charge in [-0.25, -0.2) is 0 Å². The number of ether oxygens (including phenoxy) is 4. The molecule has 0 aliphatic heterocycles. The summed E-state index contributed by atoms with van der Waals surface area (Å²) in [6.07, 6.45) is 40.2. The molecule has 0 atom stereocenters. The second-order valence-corrected chi connectivity index (χ2v) is 22.0. The highest BCUT2D eigenvalue weighted by atomic mass is 16.5. The highest BCUT2D eigenvalue weighted by molar-refractivity contribution is 5.44. The first-order valence-electron chi connectivity index (χ1n) is 28.9. The summed E-state index contributed by atoms with van der Waals surface area (Å²) in [7, 11) is 6.72. The second kappa shape index (κ2) is 38.9. The van der Waals surface area contributed by atoms with Crippen LogP contribution >= 0.6 is 0 Å². The summed E-state index contributed by atoms with van der Waals surface area (Å²) >= 11 is 0. The number of allylic oxidation sites excluding steroid dienone is 17. The molecule has 0 unspecified atom stereocenters. The molecule has 0 heterocycles. The molecule has 0 bridgehead atoms. The highest BCUT2D eigenvalue weighted by Crippen LogP contribution is 2.30. The molecular weight excluding hydrogens is 945 g/mol. The van der Waals surface area contributed by atoms with Gasteiger partial charge >= 0.3 is 0 Å². The smallest absolute Gasteiger partial charge is 0.161 e. The Morgan fingerprint density at radius 3 is 1.01 bits per heavy atom. The first kappa shape index (κ1) is 65.7. The summed E-state index contributed by atoms with van der Waals surface area (Å²) in [6, 6.07) is 21.2. The van der Waals surface area contributed by atoms with Crippen LogP contribution in [-0.2, 0) is 26.2 Å². The van der Waals surface area contributed by atoms with E-state index in [4.69, 9.17) is 18.9 Å². The SMILES string of the molecule is COc1ccc(CNCc2cccc(CN(C/C=C(\C)CC/C=C(\C)CC/C=C(\C)CC/C=C(\C)CC/C=C(\C)CC/C=C(\C)CC/C=C(\C)CC/C=C(\C)CCC=C(C)C)Cc3ccc(OC)c(OC)c3)c2)cc1OC. The average Bonchev–Trinajstić information content (AvgIpc) is 3.40. The van der Waals surface area contributed by atoms with Crippen LogP contribution in [0.5, 0.6) is 23.0 Å². The van der Waals surface area contributed by atoms with Gasteiger partial charge in [-0.2, -0.15) is 0 Å². The van der Waals surface area contributed by atoms with Gasteiger partial charge in [0.1, 0.15) is 0 Å². The van der Waals surface area contributed by atoms with Gasteiger partial charge in [0, 0.05) is 32.7 Å². The maximum atomic E-state index is 5.67. The van der Waals surface area contributed by atoms with Crippen molar-refractivity contribution in [3.8, 4) is 23.0 Å². The van der Waals surface area contributed by atoms with Crippen molar-refractivity contribution in [2.24, 2.45) is 0 Å². The van der Waals surface area contributed by atoms with E-state index in [0.717, 1.165) is 145 Å². The van der Waals surface area contributed by atoms with Crippen LogP contribution in [0.4, 0.5) is 0 Å². The minimum absolute atomic E-state index is 0.734. The molecule has 3 aromatic carbocycles. The van der Waals surface area contributed by atoms with Crippen molar-refractivity contribution in [3.63, 3.8) is 0 Å². The van der Waals surface area contributed by atoms with Crippen LogP contribution < -0.4 is 24.3 Å². The largest absolute Gasteiger partial charge is 0.493 e. The first-order chi connectivity index (χ1) is 37.1. The maximum Gasteiger partial charge on any atom is 0.161 e. The predicted octanol–water partition coefficient (Wildman–Crippen LogP) is 19.8. The highest BCUT2D eigenvalue weighted by Gasteiger charge is 2.12. The molecule has 6 nitrogen and oxygen atoms in total. The fourth-order valence-corrected chi connectivity index (χ4v) is 9.37. The standard InChI is InChI=1S/C71H104N2O4/c1-55(2)24-15-25-56(3)26-16-27-57(4)28-17-29-58(5)30-18-31-59(6)32-19-33-60(7)34-20-35-61(8)36-21-37-62(9)38-22-39-63(10)46-47-73(54-67-43-45-69(75-12)71(50-67)77-14)53-66-41-23-40-64(48-66)51-72-52-65-42-44-68(74-11)70(49-65)76-13/h23-24,26,28,30,32,34,36,38,40-46,48-50,72H,15-22,25,27,29,31,33,35,37,39,47,51-54H2,1-14H3/b56-26+,57-28+,58-30+,59-32+,60-34+,61-36+,62-38+,63-46+. The lowest BCUT2D eigenvalue weighted by Crippen LogP contribution is -2.23. The van der Waals surface area contributed by atoms with Crippen molar-refractivity contribution in [3.05, 3.63) is 188 Å².